The highest BCUT2D eigenvalue weighted by Gasteiger charge is 2.26. The Bertz CT molecular complexity index is 799. The standard InChI is InChI=1S/C23H38N4O/c1-18(2)14-26-16-20(13-24-26)22(6,7)10-11-28-23(8,9)17-27-15-19(12-25-27)21(3,4)5/h12-16H,10-11,17H2,1-9H3. The van der Waals surface area contributed by atoms with Gasteiger partial charge in [-0.2, -0.15) is 10.2 Å². The van der Waals surface area contributed by atoms with Crippen molar-refractivity contribution in [2.75, 3.05) is 6.61 Å². The van der Waals surface area contributed by atoms with Crippen LogP contribution in [0.2, 0.25) is 0 Å². The normalized spacial score (nSPS) is 13.0. The fraction of sp³-hybridized carbons (Fsp3) is 0.652. The summed E-state index contributed by atoms with van der Waals surface area (Å²) in [5.41, 5.74) is 3.55. The molecule has 0 fully saturated rings. The Morgan fingerprint density at radius 2 is 1.61 bits per heavy atom. The van der Waals surface area contributed by atoms with Gasteiger partial charge in [0.2, 0.25) is 0 Å². The molecule has 0 amide bonds. The third-order valence-corrected chi connectivity index (χ3v) is 5.04. The van der Waals surface area contributed by atoms with Gasteiger partial charge in [-0.05, 0) is 56.1 Å². The van der Waals surface area contributed by atoms with Crippen molar-refractivity contribution in [2.24, 2.45) is 0 Å². The highest BCUT2D eigenvalue weighted by atomic mass is 16.5. The maximum Gasteiger partial charge on any atom is 0.0821 e. The lowest BCUT2D eigenvalue weighted by molar-refractivity contribution is -0.0374. The molecule has 2 rings (SSSR count). The van der Waals surface area contributed by atoms with Gasteiger partial charge in [-0.25, -0.2) is 4.68 Å². The van der Waals surface area contributed by atoms with E-state index in [2.05, 4.69) is 84.9 Å². The maximum atomic E-state index is 6.26. The van der Waals surface area contributed by atoms with Crippen molar-refractivity contribution in [1.29, 1.82) is 0 Å². The van der Waals surface area contributed by atoms with Gasteiger partial charge in [-0.3, -0.25) is 4.68 Å². The quantitative estimate of drug-likeness (QED) is 0.608. The van der Waals surface area contributed by atoms with Crippen LogP contribution < -0.4 is 0 Å². The predicted molar refractivity (Wildman–Crippen MR) is 116 cm³/mol. The van der Waals surface area contributed by atoms with Crippen LogP contribution in [-0.4, -0.2) is 31.8 Å². The molecule has 0 saturated carbocycles. The van der Waals surface area contributed by atoms with Gasteiger partial charge in [0, 0.05) is 25.2 Å². The van der Waals surface area contributed by atoms with Gasteiger partial charge in [0.05, 0.1) is 24.5 Å². The number of nitrogens with zero attached hydrogens (tertiary/aromatic N) is 4. The van der Waals surface area contributed by atoms with Crippen molar-refractivity contribution in [3.8, 4) is 0 Å². The fourth-order valence-electron chi connectivity index (χ4n) is 3.02. The molecule has 0 aliphatic carbocycles. The molecule has 2 aromatic heterocycles. The van der Waals surface area contributed by atoms with E-state index in [1.165, 1.54) is 16.7 Å². The minimum absolute atomic E-state index is 0.00885. The average molecular weight is 387 g/mol. The van der Waals surface area contributed by atoms with Crippen LogP contribution >= 0.6 is 0 Å². The first-order valence-corrected chi connectivity index (χ1v) is 10.2. The van der Waals surface area contributed by atoms with Gasteiger partial charge in [-0.15, -0.1) is 0 Å². The second-order valence-corrected chi connectivity index (χ2v) is 10.3. The molecule has 0 N–H and O–H groups in total. The molecular formula is C23H38N4O. The van der Waals surface area contributed by atoms with Crippen LogP contribution in [0.4, 0.5) is 0 Å². The lowest BCUT2D eigenvalue weighted by Crippen LogP contribution is -2.32. The summed E-state index contributed by atoms with van der Waals surface area (Å²) in [6.07, 6.45) is 11.1. The van der Waals surface area contributed by atoms with Crippen molar-refractivity contribution in [3.05, 3.63) is 41.5 Å². The summed E-state index contributed by atoms with van der Waals surface area (Å²) in [6, 6.07) is 0. The van der Waals surface area contributed by atoms with E-state index in [1.807, 2.05) is 28.0 Å². The van der Waals surface area contributed by atoms with Crippen molar-refractivity contribution in [2.45, 2.75) is 91.7 Å². The molecule has 28 heavy (non-hydrogen) atoms. The van der Waals surface area contributed by atoms with Gasteiger partial charge in [0.1, 0.15) is 0 Å². The molecule has 0 aliphatic rings. The zero-order valence-electron chi connectivity index (χ0n) is 19.2. The minimum atomic E-state index is -0.274. The second kappa shape index (κ2) is 8.24. The average Bonchev–Trinajstić information content (AvgIpc) is 3.15. The van der Waals surface area contributed by atoms with E-state index >= 15 is 0 Å². The number of hydrogen-bond donors (Lipinski definition) is 0. The third kappa shape index (κ3) is 6.33. The Labute approximate surface area is 170 Å². The van der Waals surface area contributed by atoms with E-state index in [-0.39, 0.29) is 16.4 Å². The van der Waals surface area contributed by atoms with Gasteiger partial charge < -0.3 is 4.74 Å². The molecule has 0 aromatic carbocycles. The maximum absolute atomic E-state index is 6.26. The number of aromatic nitrogens is 4. The first-order chi connectivity index (χ1) is 12.8. The molecule has 5 nitrogen and oxygen atoms in total. The van der Waals surface area contributed by atoms with Crippen LogP contribution in [0.5, 0.6) is 0 Å². The Hall–Kier alpha value is -1.88. The van der Waals surface area contributed by atoms with E-state index in [0.717, 1.165) is 13.0 Å². The number of rotatable bonds is 8. The van der Waals surface area contributed by atoms with Crippen LogP contribution in [0.25, 0.3) is 6.20 Å². The number of ether oxygens (including phenoxy) is 1. The predicted octanol–water partition coefficient (Wildman–Crippen LogP) is 5.42. The first-order valence-electron chi connectivity index (χ1n) is 10.2. The largest absolute Gasteiger partial charge is 0.374 e. The summed E-state index contributed by atoms with van der Waals surface area (Å²) in [5, 5.41) is 8.96. The zero-order valence-corrected chi connectivity index (χ0v) is 19.2. The molecule has 2 heterocycles. The van der Waals surface area contributed by atoms with Gasteiger partial charge in [-0.1, -0.05) is 40.2 Å². The first kappa shape index (κ1) is 22.4. The molecular weight excluding hydrogens is 348 g/mol. The lowest BCUT2D eigenvalue weighted by Gasteiger charge is -2.29. The zero-order chi connectivity index (χ0) is 21.2. The summed E-state index contributed by atoms with van der Waals surface area (Å²) in [7, 11) is 0. The van der Waals surface area contributed by atoms with Crippen molar-refractivity contribution in [3.63, 3.8) is 0 Å². The molecule has 0 aliphatic heterocycles. The Morgan fingerprint density at radius 3 is 2.18 bits per heavy atom. The topological polar surface area (TPSA) is 44.9 Å². The van der Waals surface area contributed by atoms with Gasteiger partial charge in [0.15, 0.2) is 0 Å². The highest BCUT2D eigenvalue weighted by molar-refractivity contribution is 5.29. The van der Waals surface area contributed by atoms with Gasteiger partial charge in [0.25, 0.3) is 0 Å². The molecule has 5 heteroatoms. The summed E-state index contributed by atoms with van der Waals surface area (Å²) in [6.45, 7) is 21.0. The minimum Gasteiger partial charge on any atom is -0.374 e. The van der Waals surface area contributed by atoms with E-state index in [0.29, 0.717) is 6.61 Å². The lowest BCUT2D eigenvalue weighted by atomic mass is 9.84. The number of allylic oxidation sites excluding steroid dienone is 1. The van der Waals surface area contributed by atoms with Crippen LogP contribution in [0.1, 0.15) is 79.9 Å². The van der Waals surface area contributed by atoms with E-state index < -0.39 is 0 Å². The summed E-state index contributed by atoms with van der Waals surface area (Å²) in [4.78, 5) is 0. The monoisotopic (exact) mass is 386 g/mol. The molecule has 156 valence electrons. The van der Waals surface area contributed by atoms with Crippen LogP contribution in [0.15, 0.2) is 30.4 Å². The van der Waals surface area contributed by atoms with Crippen LogP contribution in [-0.2, 0) is 22.1 Å². The van der Waals surface area contributed by atoms with E-state index in [1.54, 1.807) is 0 Å². The molecule has 0 unspecified atom stereocenters. The Balaban J connectivity index is 1.92. The third-order valence-electron chi connectivity index (χ3n) is 5.04. The van der Waals surface area contributed by atoms with E-state index in [4.69, 9.17) is 4.74 Å². The molecule has 0 spiro atoms. The van der Waals surface area contributed by atoms with Crippen LogP contribution in [0, 0.1) is 0 Å². The Morgan fingerprint density at radius 1 is 0.964 bits per heavy atom. The molecule has 0 saturated heterocycles. The van der Waals surface area contributed by atoms with Crippen molar-refractivity contribution in [1.82, 2.24) is 19.6 Å². The number of hydrogen-bond acceptors (Lipinski definition) is 3. The highest BCUT2D eigenvalue weighted by Crippen LogP contribution is 2.28. The SMILES string of the molecule is CC(C)=Cn1cc(C(C)(C)CCOC(C)(C)Cn2cc(C(C)(C)C)cn2)cn1. The molecule has 0 bridgehead atoms. The molecule has 2 aromatic rings. The Kier molecular flexibility index (Phi) is 6.59. The van der Waals surface area contributed by atoms with Crippen molar-refractivity contribution >= 4 is 6.20 Å². The van der Waals surface area contributed by atoms with Gasteiger partial charge >= 0.3 is 0 Å². The molecule has 0 radical (unpaired) electrons. The van der Waals surface area contributed by atoms with Crippen molar-refractivity contribution < 1.29 is 4.74 Å². The molecule has 0 atom stereocenters. The van der Waals surface area contributed by atoms with Crippen LogP contribution in [0.3, 0.4) is 0 Å². The fourth-order valence-corrected chi connectivity index (χ4v) is 3.02. The second-order valence-electron chi connectivity index (χ2n) is 10.3. The smallest absolute Gasteiger partial charge is 0.0821 e. The van der Waals surface area contributed by atoms with E-state index in [9.17, 15) is 0 Å². The summed E-state index contributed by atoms with van der Waals surface area (Å²) < 4.78 is 10.1. The summed E-state index contributed by atoms with van der Waals surface area (Å²) >= 11 is 0. The summed E-state index contributed by atoms with van der Waals surface area (Å²) in [5.74, 6) is 0.